The Morgan fingerprint density at radius 3 is 2.33 bits per heavy atom. The second-order valence-electron chi connectivity index (χ2n) is 5.53. The van der Waals surface area contributed by atoms with Crippen LogP contribution in [0.4, 0.5) is 0 Å². The van der Waals surface area contributed by atoms with Gasteiger partial charge in [0.15, 0.2) is 0 Å². The van der Waals surface area contributed by atoms with E-state index in [1.165, 1.54) is 64.3 Å². The highest BCUT2D eigenvalue weighted by Gasteiger charge is 2.12. The smallest absolute Gasteiger partial charge is 0.00670 e. The molecule has 0 aromatic rings. The first-order valence-electron chi connectivity index (χ1n) is 7.02. The molecule has 0 aromatic heterocycles. The topological polar surface area (TPSA) is 12.0 Å². The molecular weight excluding hydrogens is 182 g/mol. The fraction of sp³-hybridized carbons (Fsp3) is 1.00. The summed E-state index contributed by atoms with van der Waals surface area (Å²) in [6, 6.07) is 0.862. The third-order valence-electron chi connectivity index (χ3n) is 3.50. The van der Waals surface area contributed by atoms with E-state index in [0.29, 0.717) is 0 Å². The third kappa shape index (κ3) is 6.94. The average Bonchev–Trinajstić information content (AvgIpc) is 2.68. The molecule has 0 saturated heterocycles. The molecule has 1 N–H and O–H groups in total. The number of nitrogens with one attached hydrogen (secondary N) is 1. The Labute approximate surface area is 96.0 Å². The molecule has 0 spiro atoms. The predicted octanol–water partition coefficient (Wildman–Crippen LogP) is 4.13. The Hall–Kier alpha value is -0.0400. The van der Waals surface area contributed by atoms with Crippen LogP contribution in [0.25, 0.3) is 0 Å². The standard InChI is InChI=1S/C14H29N/c1-13(2)9-5-3-4-8-12-15-14-10-6-7-11-14/h13-15H,3-12H2,1-2H3. The highest BCUT2D eigenvalue weighted by molar-refractivity contribution is 4.73. The zero-order valence-corrected chi connectivity index (χ0v) is 10.7. The second-order valence-corrected chi connectivity index (χ2v) is 5.53. The Bertz CT molecular complexity index is 136. The van der Waals surface area contributed by atoms with Gasteiger partial charge >= 0.3 is 0 Å². The molecule has 0 amide bonds. The number of hydrogen-bond acceptors (Lipinski definition) is 1. The Morgan fingerprint density at radius 2 is 1.67 bits per heavy atom. The second kappa shape index (κ2) is 8.15. The van der Waals surface area contributed by atoms with Gasteiger partial charge in [-0.3, -0.25) is 0 Å². The van der Waals surface area contributed by atoms with Crippen LogP contribution < -0.4 is 5.32 Å². The van der Waals surface area contributed by atoms with E-state index in [2.05, 4.69) is 19.2 Å². The van der Waals surface area contributed by atoms with Crippen molar-refractivity contribution in [1.82, 2.24) is 5.32 Å². The average molecular weight is 211 g/mol. The van der Waals surface area contributed by atoms with Crippen molar-refractivity contribution < 1.29 is 0 Å². The van der Waals surface area contributed by atoms with Gasteiger partial charge in [-0.2, -0.15) is 0 Å². The van der Waals surface area contributed by atoms with Gasteiger partial charge in [-0.15, -0.1) is 0 Å². The van der Waals surface area contributed by atoms with Crippen LogP contribution in [-0.2, 0) is 0 Å². The van der Waals surface area contributed by atoms with Crippen LogP contribution in [0, 0.1) is 5.92 Å². The summed E-state index contributed by atoms with van der Waals surface area (Å²) in [5.41, 5.74) is 0. The van der Waals surface area contributed by atoms with Crippen molar-refractivity contribution in [2.24, 2.45) is 5.92 Å². The lowest BCUT2D eigenvalue weighted by Gasteiger charge is -2.11. The molecule has 0 bridgehead atoms. The van der Waals surface area contributed by atoms with Crippen LogP contribution in [-0.4, -0.2) is 12.6 Å². The SMILES string of the molecule is CC(C)CCCCCCNC1CCCC1. The molecule has 1 nitrogen and oxygen atoms in total. The zero-order valence-electron chi connectivity index (χ0n) is 10.7. The fourth-order valence-corrected chi connectivity index (χ4v) is 2.47. The third-order valence-corrected chi connectivity index (χ3v) is 3.50. The van der Waals surface area contributed by atoms with Crippen molar-refractivity contribution in [2.45, 2.75) is 77.7 Å². The first kappa shape index (κ1) is 13.0. The van der Waals surface area contributed by atoms with E-state index in [1.807, 2.05) is 0 Å². The maximum atomic E-state index is 3.68. The monoisotopic (exact) mass is 211 g/mol. The molecule has 1 aliphatic carbocycles. The Morgan fingerprint density at radius 1 is 1.00 bits per heavy atom. The molecule has 0 radical (unpaired) electrons. The van der Waals surface area contributed by atoms with E-state index in [9.17, 15) is 0 Å². The van der Waals surface area contributed by atoms with Gasteiger partial charge in [-0.25, -0.2) is 0 Å². The molecule has 1 aliphatic rings. The lowest BCUT2D eigenvalue weighted by atomic mass is 10.0. The molecule has 0 unspecified atom stereocenters. The summed E-state index contributed by atoms with van der Waals surface area (Å²) in [7, 11) is 0. The van der Waals surface area contributed by atoms with E-state index >= 15 is 0 Å². The van der Waals surface area contributed by atoms with Crippen molar-refractivity contribution in [2.75, 3.05) is 6.54 Å². The van der Waals surface area contributed by atoms with E-state index < -0.39 is 0 Å². The van der Waals surface area contributed by atoms with Gasteiger partial charge in [0.25, 0.3) is 0 Å². The first-order chi connectivity index (χ1) is 7.29. The Balaban J connectivity index is 1.76. The minimum absolute atomic E-state index is 0.862. The van der Waals surface area contributed by atoms with Gasteiger partial charge in [0.2, 0.25) is 0 Å². The largest absolute Gasteiger partial charge is 0.314 e. The van der Waals surface area contributed by atoms with Crippen molar-refractivity contribution in [3.8, 4) is 0 Å². The zero-order chi connectivity index (χ0) is 10.9. The summed E-state index contributed by atoms with van der Waals surface area (Å²) in [4.78, 5) is 0. The normalized spacial score (nSPS) is 17.8. The van der Waals surface area contributed by atoms with Crippen molar-refractivity contribution in [3.63, 3.8) is 0 Å². The molecule has 0 aromatic carbocycles. The van der Waals surface area contributed by atoms with Crippen LogP contribution >= 0.6 is 0 Å². The molecule has 1 rings (SSSR count). The number of unbranched alkanes of at least 4 members (excludes halogenated alkanes) is 3. The highest BCUT2D eigenvalue weighted by Crippen LogP contribution is 2.17. The summed E-state index contributed by atoms with van der Waals surface area (Å²) >= 11 is 0. The minimum atomic E-state index is 0.862. The van der Waals surface area contributed by atoms with Crippen molar-refractivity contribution in [1.29, 1.82) is 0 Å². The molecular formula is C14H29N. The molecule has 1 heteroatoms. The van der Waals surface area contributed by atoms with Gasteiger partial charge in [-0.1, -0.05) is 52.4 Å². The van der Waals surface area contributed by atoms with Crippen LogP contribution in [0.15, 0.2) is 0 Å². The lowest BCUT2D eigenvalue weighted by molar-refractivity contribution is 0.483. The van der Waals surface area contributed by atoms with E-state index in [0.717, 1.165) is 12.0 Å². The highest BCUT2D eigenvalue weighted by atomic mass is 14.9. The van der Waals surface area contributed by atoms with Crippen LogP contribution in [0.3, 0.4) is 0 Å². The van der Waals surface area contributed by atoms with Gasteiger partial charge in [-0.05, 0) is 31.7 Å². The van der Waals surface area contributed by atoms with Crippen molar-refractivity contribution in [3.05, 3.63) is 0 Å². The molecule has 1 saturated carbocycles. The molecule has 15 heavy (non-hydrogen) atoms. The van der Waals surface area contributed by atoms with E-state index in [-0.39, 0.29) is 0 Å². The van der Waals surface area contributed by atoms with Crippen LogP contribution in [0.2, 0.25) is 0 Å². The predicted molar refractivity (Wildman–Crippen MR) is 68.2 cm³/mol. The molecule has 0 aliphatic heterocycles. The molecule has 0 heterocycles. The van der Waals surface area contributed by atoms with E-state index in [4.69, 9.17) is 0 Å². The van der Waals surface area contributed by atoms with E-state index in [1.54, 1.807) is 0 Å². The molecule has 90 valence electrons. The van der Waals surface area contributed by atoms with Gasteiger partial charge in [0, 0.05) is 6.04 Å². The summed E-state index contributed by atoms with van der Waals surface area (Å²) in [5, 5.41) is 3.68. The quantitative estimate of drug-likeness (QED) is 0.595. The lowest BCUT2D eigenvalue weighted by Crippen LogP contribution is -2.26. The summed E-state index contributed by atoms with van der Waals surface area (Å²) in [6.07, 6.45) is 12.8. The number of hydrogen-bond donors (Lipinski definition) is 1. The van der Waals surface area contributed by atoms with Gasteiger partial charge < -0.3 is 5.32 Å². The van der Waals surface area contributed by atoms with Gasteiger partial charge in [0.05, 0.1) is 0 Å². The Kier molecular flexibility index (Phi) is 7.08. The molecule has 1 fully saturated rings. The maximum Gasteiger partial charge on any atom is 0.00670 e. The molecule has 0 atom stereocenters. The fourth-order valence-electron chi connectivity index (χ4n) is 2.47. The summed E-state index contributed by atoms with van der Waals surface area (Å²) in [5.74, 6) is 0.890. The van der Waals surface area contributed by atoms with Crippen LogP contribution in [0.1, 0.15) is 71.6 Å². The van der Waals surface area contributed by atoms with Crippen LogP contribution in [0.5, 0.6) is 0 Å². The minimum Gasteiger partial charge on any atom is -0.314 e. The summed E-state index contributed by atoms with van der Waals surface area (Å²) < 4.78 is 0. The summed E-state index contributed by atoms with van der Waals surface area (Å²) in [6.45, 7) is 5.90. The number of rotatable bonds is 8. The first-order valence-corrected chi connectivity index (χ1v) is 7.02. The van der Waals surface area contributed by atoms with Crippen molar-refractivity contribution >= 4 is 0 Å². The maximum absolute atomic E-state index is 3.68. The van der Waals surface area contributed by atoms with Gasteiger partial charge in [0.1, 0.15) is 0 Å².